The molecule has 2 N–H and O–H groups in total. The zero-order chi connectivity index (χ0) is 17.6. The van der Waals surface area contributed by atoms with Crippen LogP contribution in [0.25, 0.3) is 0 Å². The van der Waals surface area contributed by atoms with Gasteiger partial charge in [-0.3, -0.25) is 9.78 Å². The van der Waals surface area contributed by atoms with E-state index in [0.717, 1.165) is 21.4 Å². The predicted octanol–water partition coefficient (Wildman–Crippen LogP) is 4.22. The molecule has 0 aliphatic carbocycles. The minimum Gasteiger partial charge on any atom is -0.346 e. The lowest BCUT2D eigenvalue weighted by Crippen LogP contribution is -2.23. The lowest BCUT2D eigenvalue weighted by Gasteiger charge is -2.10. The third-order valence-corrected chi connectivity index (χ3v) is 4.13. The Morgan fingerprint density at radius 2 is 2.00 bits per heavy atom. The molecule has 1 amide bonds. The second-order valence-electron chi connectivity index (χ2n) is 5.52. The number of pyridine rings is 2. The summed E-state index contributed by atoms with van der Waals surface area (Å²) in [6.45, 7) is 2.41. The van der Waals surface area contributed by atoms with Crippen molar-refractivity contribution in [2.24, 2.45) is 0 Å². The average molecular weight is 397 g/mol. The molecule has 126 valence electrons. The van der Waals surface area contributed by atoms with Crippen LogP contribution in [0.2, 0.25) is 0 Å². The Bertz CT molecular complexity index is 866. The number of anilines is 2. The zero-order valence-corrected chi connectivity index (χ0v) is 15.2. The molecule has 0 radical (unpaired) electrons. The van der Waals surface area contributed by atoms with Crippen LogP contribution in [0.4, 0.5) is 11.5 Å². The van der Waals surface area contributed by atoms with E-state index in [9.17, 15) is 4.79 Å². The highest BCUT2D eigenvalue weighted by atomic mass is 79.9. The Hall–Kier alpha value is -2.73. The zero-order valence-electron chi connectivity index (χ0n) is 13.7. The van der Waals surface area contributed by atoms with E-state index in [1.807, 2.05) is 43.3 Å². The third-order valence-electron chi connectivity index (χ3n) is 3.63. The van der Waals surface area contributed by atoms with E-state index in [1.165, 1.54) is 0 Å². The first kappa shape index (κ1) is 17.1. The molecule has 0 fully saturated rings. The van der Waals surface area contributed by atoms with Crippen LogP contribution in [-0.4, -0.2) is 15.9 Å². The lowest BCUT2D eigenvalue weighted by molar-refractivity contribution is 0.0950. The number of aromatic nitrogens is 2. The molecule has 0 spiro atoms. The van der Waals surface area contributed by atoms with Crippen LogP contribution in [0, 0.1) is 6.92 Å². The molecular weight excluding hydrogens is 380 g/mol. The van der Waals surface area contributed by atoms with Gasteiger partial charge in [-0.15, -0.1) is 0 Å². The van der Waals surface area contributed by atoms with Crippen molar-refractivity contribution in [1.82, 2.24) is 15.3 Å². The minimum absolute atomic E-state index is 0.176. The molecule has 6 heteroatoms. The van der Waals surface area contributed by atoms with Crippen LogP contribution in [0.15, 0.2) is 65.4 Å². The molecule has 2 heterocycles. The van der Waals surface area contributed by atoms with Crippen molar-refractivity contribution in [2.75, 3.05) is 5.32 Å². The van der Waals surface area contributed by atoms with E-state index in [2.05, 4.69) is 36.5 Å². The second-order valence-corrected chi connectivity index (χ2v) is 6.44. The Labute approximate surface area is 154 Å². The number of nitrogens with zero attached hydrogens (tertiary/aromatic N) is 2. The molecule has 0 aliphatic heterocycles. The van der Waals surface area contributed by atoms with Gasteiger partial charge >= 0.3 is 0 Å². The average Bonchev–Trinajstić information content (AvgIpc) is 2.63. The summed E-state index contributed by atoms with van der Waals surface area (Å²) in [5.41, 5.74) is 3.40. The highest BCUT2D eigenvalue weighted by molar-refractivity contribution is 9.10. The van der Waals surface area contributed by atoms with Gasteiger partial charge in [-0.25, -0.2) is 4.98 Å². The Morgan fingerprint density at radius 3 is 2.68 bits per heavy atom. The summed E-state index contributed by atoms with van der Waals surface area (Å²) in [5, 5.41) is 6.08. The SMILES string of the molecule is Cc1cc(Br)ccc1Nc1ccc(C(=O)NCc2ccccn2)cn1. The molecule has 3 aromatic rings. The van der Waals surface area contributed by atoms with Crippen LogP contribution in [-0.2, 0) is 6.54 Å². The number of amides is 1. The van der Waals surface area contributed by atoms with Gasteiger partial charge in [0, 0.05) is 22.6 Å². The monoisotopic (exact) mass is 396 g/mol. The van der Waals surface area contributed by atoms with Crippen molar-refractivity contribution in [3.63, 3.8) is 0 Å². The summed E-state index contributed by atoms with van der Waals surface area (Å²) in [7, 11) is 0. The van der Waals surface area contributed by atoms with Crippen molar-refractivity contribution in [3.05, 3.63) is 82.2 Å². The molecule has 0 saturated carbocycles. The molecule has 0 bridgehead atoms. The number of carbonyl (C=O) groups is 1. The first-order valence-corrected chi connectivity index (χ1v) is 8.58. The van der Waals surface area contributed by atoms with Gasteiger partial charge in [0.1, 0.15) is 5.82 Å². The summed E-state index contributed by atoms with van der Waals surface area (Å²) < 4.78 is 1.03. The molecule has 0 unspecified atom stereocenters. The van der Waals surface area contributed by atoms with Crippen LogP contribution in [0.5, 0.6) is 0 Å². The summed E-state index contributed by atoms with van der Waals surface area (Å²) in [6.07, 6.45) is 3.26. The number of rotatable bonds is 5. The summed E-state index contributed by atoms with van der Waals surface area (Å²) in [6, 6.07) is 15.1. The fourth-order valence-corrected chi connectivity index (χ4v) is 2.76. The fraction of sp³-hybridized carbons (Fsp3) is 0.105. The van der Waals surface area contributed by atoms with Gasteiger partial charge in [-0.1, -0.05) is 22.0 Å². The van der Waals surface area contributed by atoms with Crippen molar-refractivity contribution in [1.29, 1.82) is 0 Å². The van der Waals surface area contributed by atoms with Crippen LogP contribution in [0.3, 0.4) is 0 Å². The Kier molecular flexibility index (Phi) is 5.40. The Balaban J connectivity index is 1.62. The smallest absolute Gasteiger partial charge is 0.253 e. The largest absolute Gasteiger partial charge is 0.346 e. The number of hydrogen-bond acceptors (Lipinski definition) is 4. The van der Waals surface area contributed by atoms with E-state index < -0.39 is 0 Å². The van der Waals surface area contributed by atoms with Crippen molar-refractivity contribution >= 4 is 33.3 Å². The first-order chi connectivity index (χ1) is 12.1. The normalized spacial score (nSPS) is 10.3. The molecule has 0 saturated heterocycles. The number of hydrogen-bond donors (Lipinski definition) is 2. The Morgan fingerprint density at radius 1 is 1.12 bits per heavy atom. The van der Waals surface area contributed by atoms with Gasteiger partial charge in [0.15, 0.2) is 0 Å². The van der Waals surface area contributed by atoms with Gasteiger partial charge in [0.25, 0.3) is 5.91 Å². The van der Waals surface area contributed by atoms with E-state index in [0.29, 0.717) is 17.9 Å². The summed E-state index contributed by atoms with van der Waals surface area (Å²) in [4.78, 5) is 20.7. The maximum absolute atomic E-state index is 12.2. The van der Waals surface area contributed by atoms with Gasteiger partial charge in [0.05, 0.1) is 17.8 Å². The van der Waals surface area contributed by atoms with Crippen LogP contribution < -0.4 is 10.6 Å². The van der Waals surface area contributed by atoms with Crippen molar-refractivity contribution < 1.29 is 4.79 Å². The molecule has 2 aromatic heterocycles. The lowest BCUT2D eigenvalue weighted by atomic mass is 10.2. The molecular formula is C19H17BrN4O. The highest BCUT2D eigenvalue weighted by Gasteiger charge is 2.07. The van der Waals surface area contributed by atoms with Crippen molar-refractivity contribution in [3.8, 4) is 0 Å². The maximum Gasteiger partial charge on any atom is 0.253 e. The number of benzene rings is 1. The number of aryl methyl sites for hydroxylation is 1. The molecule has 3 rings (SSSR count). The topological polar surface area (TPSA) is 66.9 Å². The van der Waals surface area contributed by atoms with Crippen molar-refractivity contribution in [2.45, 2.75) is 13.5 Å². The fourth-order valence-electron chi connectivity index (χ4n) is 2.28. The third kappa shape index (κ3) is 4.64. The van der Waals surface area contributed by atoms with E-state index in [4.69, 9.17) is 0 Å². The van der Waals surface area contributed by atoms with Gasteiger partial charge < -0.3 is 10.6 Å². The van der Waals surface area contributed by atoms with E-state index in [-0.39, 0.29) is 5.91 Å². The van der Waals surface area contributed by atoms with Gasteiger partial charge in [0.2, 0.25) is 0 Å². The predicted molar refractivity (Wildman–Crippen MR) is 102 cm³/mol. The summed E-state index contributed by atoms with van der Waals surface area (Å²) >= 11 is 3.45. The summed E-state index contributed by atoms with van der Waals surface area (Å²) in [5.74, 6) is 0.510. The number of carbonyl (C=O) groups excluding carboxylic acids is 1. The molecule has 1 aromatic carbocycles. The van der Waals surface area contributed by atoms with Gasteiger partial charge in [-0.2, -0.15) is 0 Å². The number of nitrogens with one attached hydrogen (secondary N) is 2. The number of halogens is 1. The molecule has 5 nitrogen and oxygen atoms in total. The minimum atomic E-state index is -0.176. The molecule has 0 aliphatic rings. The second kappa shape index (κ2) is 7.90. The maximum atomic E-state index is 12.2. The van der Waals surface area contributed by atoms with Crippen LogP contribution in [0.1, 0.15) is 21.6 Å². The molecule has 0 atom stereocenters. The van der Waals surface area contributed by atoms with E-state index in [1.54, 1.807) is 24.5 Å². The standard InChI is InChI=1S/C19H17BrN4O/c1-13-10-15(20)6-7-17(13)24-18-8-5-14(11-22-18)19(25)23-12-16-4-2-3-9-21-16/h2-11H,12H2,1H3,(H,22,24)(H,23,25). The van der Waals surface area contributed by atoms with Crippen LogP contribution >= 0.6 is 15.9 Å². The molecule has 25 heavy (non-hydrogen) atoms. The quantitative estimate of drug-likeness (QED) is 0.677. The van der Waals surface area contributed by atoms with E-state index >= 15 is 0 Å². The highest BCUT2D eigenvalue weighted by Crippen LogP contribution is 2.22. The first-order valence-electron chi connectivity index (χ1n) is 7.79. The van der Waals surface area contributed by atoms with Gasteiger partial charge in [-0.05, 0) is 55.0 Å².